The van der Waals surface area contributed by atoms with Crippen LogP contribution in [0, 0.1) is 6.92 Å². The lowest BCUT2D eigenvalue weighted by molar-refractivity contribution is 0.279. The van der Waals surface area contributed by atoms with Gasteiger partial charge in [-0.25, -0.2) is 4.98 Å². The van der Waals surface area contributed by atoms with Crippen LogP contribution in [0.3, 0.4) is 0 Å². The number of benzene rings is 1. The first-order valence-corrected chi connectivity index (χ1v) is 6.99. The van der Waals surface area contributed by atoms with Gasteiger partial charge in [0.2, 0.25) is 0 Å². The molecule has 1 aromatic heterocycles. The fourth-order valence-corrected chi connectivity index (χ4v) is 2.55. The van der Waals surface area contributed by atoms with Crippen molar-refractivity contribution in [2.75, 3.05) is 0 Å². The van der Waals surface area contributed by atoms with E-state index in [1.54, 1.807) is 6.20 Å². The van der Waals surface area contributed by atoms with E-state index in [9.17, 15) is 0 Å². The zero-order chi connectivity index (χ0) is 13.9. The quantitative estimate of drug-likeness (QED) is 0.931. The summed E-state index contributed by atoms with van der Waals surface area (Å²) in [6.07, 6.45) is 6.41. The molecule has 1 aliphatic carbocycles. The third-order valence-corrected chi connectivity index (χ3v) is 3.76. The maximum absolute atomic E-state index is 9.11. The Labute approximate surface area is 118 Å². The van der Waals surface area contributed by atoms with E-state index < -0.39 is 0 Å². The smallest absolute Gasteiger partial charge is 0.322 e. The van der Waals surface area contributed by atoms with Crippen LogP contribution >= 0.6 is 0 Å². The molecule has 0 fully saturated rings. The van der Waals surface area contributed by atoms with Gasteiger partial charge in [0.15, 0.2) is 0 Å². The number of aliphatic hydroxyl groups is 1. The lowest BCUT2D eigenvalue weighted by Gasteiger charge is -2.16. The van der Waals surface area contributed by atoms with E-state index in [1.807, 2.05) is 13.0 Å². The molecule has 0 amide bonds. The molecule has 1 N–H and O–H groups in total. The van der Waals surface area contributed by atoms with Crippen LogP contribution in [0.1, 0.15) is 35.2 Å². The van der Waals surface area contributed by atoms with Crippen LogP contribution in [-0.2, 0) is 19.4 Å². The molecule has 104 valence electrons. The van der Waals surface area contributed by atoms with Gasteiger partial charge < -0.3 is 9.84 Å². The second kappa shape index (κ2) is 5.59. The Hall–Kier alpha value is -1.94. The molecule has 2 aromatic rings. The van der Waals surface area contributed by atoms with Crippen molar-refractivity contribution >= 4 is 0 Å². The van der Waals surface area contributed by atoms with Crippen molar-refractivity contribution in [1.82, 2.24) is 9.97 Å². The van der Waals surface area contributed by atoms with Crippen molar-refractivity contribution in [3.8, 4) is 11.8 Å². The number of aryl methyl sites for hydroxylation is 3. The first-order valence-electron chi connectivity index (χ1n) is 6.99. The highest BCUT2D eigenvalue weighted by molar-refractivity contribution is 5.38. The van der Waals surface area contributed by atoms with Crippen LogP contribution in [0.25, 0.3) is 0 Å². The van der Waals surface area contributed by atoms with Crippen molar-refractivity contribution in [2.24, 2.45) is 0 Å². The van der Waals surface area contributed by atoms with E-state index in [4.69, 9.17) is 9.84 Å². The van der Waals surface area contributed by atoms with Crippen molar-refractivity contribution in [3.63, 3.8) is 0 Å². The van der Waals surface area contributed by atoms with Gasteiger partial charge in [-0.2, -0.15) is 4.98 Å². The summed E-state index contributed by atoms with van der Waals surface area (Å²) < 4.78 is 5.72. The zero-order valence-corrected chi connectivity index (χ0v) is 11.6. The predicted octanol–water partition coefficient (Wildman–Crippen LogP) is 2.95. The van der Waals surface area contributed by atoms with E-state index in [0.717, 1.165) is 29.8 Å². The monoisotopic (exact) mass is 270 g/mol. The molecule has 0 unspecified atom stereocenters. The fourth-order valence-electron chi connectivity index (χ4n) is 2.55. The number of ether oxygens (including phenoxy) is 1. The maximum Gasteiger partial charge on any atom is 0.322 e. The normalized spacial score (nSPS) is 13.9. The Bertz CT molecular complexity index is 626. The molecular weight excluding hydrogens is 252 g/mol. The largest absolute Gasteiger partial charge is 0.424 e. The molecule has 4 nitrogen and oxygen atoms in total. The molecule has 0 radical (unpaired) electrons. The number of aromatic nitrogens is 2. The van der Waals surface area contributed by atoms with Gasteiger partial charge in [-0.1, -0.05) is 6.07 Å². The van der Waals surface area contributed by atoms with Gasteiger partial charge in [0.25, 0.3) is 0 Å². The minimum absolute atomic E-state index is 0.0506. The number of hydrogen-bond donors (Lipinski definition) is 1. The van der Waals surface area contributed by atoms with Crippen LogP contribution < -0.4 is 4.74 Å². The van der Waals surface area contributed by atoms with Gasteiger partial charge >= 0.3 is 6.01 Å². The van der Waals surface area contributed by atoms with Gasteiger partial charge in [-0.3, -0.25) is 0 Å². The van der Waals surface area contributed by atoms with Crippen LogP contribution in [-0.4, -0.2) is 15.1 Å². The van der Waals surface area contributed by atoms with Crippen molar-refractivity contribution in [1.29, 1.82) is 0 Å². The molecule has 0 atom stereocenters. The van der Waals surface area contributed by atoms with Gasteiger partial charge in [0.05, 0.1) is 12.3 Å². The van der Waals surface area contributed by atoms with E-state index in [0.29, 0.717) is 6.01 Å². The summed E-state index contributed by atoms with van der Waals surface area (Å²) in [6, 6.07) is 6.53. The summed E-state index contributed by atoms with van der Waals surface area (Å²) in [4.78, 5) is 8.38. The Kier molecular flexibility index (Phi) is 3.65. The standard InChI is InChI=1S/C16H18N2O2/c1-11-14(10-19)9-17-16(18-11)20-15-7-6-12-4-2-3-5-13(12)8-15/h6-9,19H,2-5,10H2,1H3. The second-order valence-electron chi connectivity index (χ2n) is 5.16. The highest BCUT2D eigenvalue weighted by atomic mass is 16.5. The van der Waals surface area contributed by atoms with Crippen LogP contribution in [0.4, 0.5) is 0 Å². The van der Waals surface area contributed by atoms with Gasteiger partial charge in [-0.15, -0.1) is 0 Å². The van der Waals surface area contributed by atoms with Crippen molar-refractivity contribution in [3.05, 3.63) is 46.8 Å². The minimum Gasteiger partial charge on any atom is -0.424 e. The third-order valence-electron chi connectivity index (χ3n) is 3.76. The van der Waals surface area contributed by atoms with Gasteiger partial charge in [-0.05, 0) is 55.9 Å². The highest BCUT2D eigenvalue weighted by Crippen LogP contribution is 2.27. The third kappa shape index (κ3) is 2.65. The molecule has 4 heteroatoms. The summed E-state index contributed by atoms with van der Waals surface area (Å²) in [5.41, 5.74) is 4.27. The minimum atomic E-state index is -0.0506. The fraction of sp³-hybridized carbons (Fsp3) is 0.375. The Balaban J connectivity index is 1.82. The molecule has 0 aliphatic heterocycles. The topological polar surface area (TPSA) is 55.2 Å². The summed E-state index contributed by atoms with van der Waals surface area (Å²) in [5.74, 6) is 0.779. The van der Waals surface area contributed by atoms with Crippen molar-refractivity contribution < 1.29 is 9.84 Å². The number of aliphatic hydroxyl groups excluding tert-OH is 1. The summed E-state index contributed by atoms with van der Waals surface area (Å²) in [7, 11) is 0. The molecule has 20 heavy (non-hydrogen) atoms. The van der Waals surface area contributed by atoms with E-state index in [2.05, 4.69) is 22.1 Å². The summed E-state index contributed by atoms with van der Waals surface area (Å²) in [6.45, 7) is 1.79. The SMILES string of the molecule is Cc1nc(Oc2ccc3c(c2)CCCC3)ncc1CO. The summed E-state index contributed by atoms with van der Waals surface area (Å²) in [5, 5.41) is 9.11. The average Bonchev–Trinajstić information content (AvgIpc) is 2.47. The zero-order valence-electron chi connectivity index (χ0n) is 11.6. The first-order chi connectivity index (χ1) is 9.76. The molecule has 1 heterocycles. The van der Waals surface area contributed by atoms with Crippen LogP contribution in [0.15, 0.2) is 24.4 Å². The highest BCUT2D eigenvalue weighted by Gasteiger charge is 2.11. The Morgan fingerprint density at radius 1 is 1.20 bits per heavy atom. The molecule has 3 rings (SSSR count). The number of fused-ring (bicyclic) bond motifs is 1. The van der Waals surface area contributed by atoms with Crippen LogP contribution in [0.5, 0.6) is 11.8 Å². The number of nitrogens with zero attached hydrogens (tertiary/aromatic N) is 2. The molecule has 0 saturated carbocycles. The molecule has 0 bridgehead atoms. The lowest BCUT2D eigenvalue weighted by Crippen LogP contribution is -2.03. The average molecular weight is 270 g/mol. The number of rotatable bonds is 3. The van der Waals surface area contributed by atoms with E-state index >= 15 is 0 Å². The molecule has 1 aromatic carbocycles. The molecular formula is C16H18N2O2. The van der Waals surface area contributed by atoms with E-state index in [1.165, 1.54) is 24.0 Å². The molecule has 1 aliphatic rings. The van der Waals surface area contributed by atoms with Gasteiger partial charge in [0, 0.05) is 11.8 Å². The molecule has 0 saturated heterocycles. The van der Waals surface area contributed by atoms with Crippen molar-refractivity contribution in [2.45, 2.75) is 39.2 Å². The van der Waals surface area contributed by atoms with Crippen LogP contribution in [0.2, 0.25) is 0 Å². The molecule has 0 spiro atoms. The summed E-state index contributed by atoms with van der Waals surface area (Å²) >= 11 is 0. The Morgan fingerprint density at radius 2 is 2.00 bits per heavy atom. The lowest BCUT2D eigenvalue weighted by atomic mass is 9.92. The predicted molar refractivity (Wildman–Crippen MR) is 75.8 cm³/mol. The first kappa shape index (κ1) is 13.1. The second-order valence-corrected chi connectivity index (χ2v) is 5.16. The number of hydrogen-bond acceptors (Lipinski definition) is 4. The van der Waals surface area contributed by atoms with Gasteiger partial charge in [0.1, 0.15) is 5.75 Å². The van der Waals surface area contributed by atoms with E-state index in [-0.39, 0.29) is 6.61 Å². The maximum atomic E-state index is 9.11. The Morgan fingerprint density at radius 3 is 2.75 bits per heavy atom.